The fourth-order valence-electron chi connectivity index (χ4n) is 2.96. The maximum Gasteiger partial charge on any atom is 0.165 e. The maximum absolute atomic E-state index is 6.29. The molecule has 0 spiro atoms. The van der Waals surface area contributed by atoms with E-state index < -0.39 is 8.07 Å². The number of anilines is 1. The fourth-order valence-corrected chi connectivity index (χ4v) is 3.91. The van der Waals surface area contributed by atoms with E-state index in [9.17, 15) is 0 Å². The Morgan fingerprint density at radius 3 is 2.63 bits per heavy atom. The van der Waals surface area contributed by atoms with Crippen LogP contribution < -0.4 is 14.8 Å². The van der Waals surface area contributed by atoms with Gasteiger partial charge in [-0.25, -0.2) is 9.97 Å². The van der Waals surface area contributed by atoms with Gasteiger partial charge in [0.1, 0.15) is 28.9 Å². The second kappa shape index (κ2) is 9.68. The minimum atomic E-state index is -1.12. The van der Waals surface area contributed by atoms with Gasteiger partial charge in [0, 0.05) is 38.9 Å². The Kier molecular flexibility index (Phi) is 7.22. The van der Waals surface area contributed by atoms with Crippen molar-refractivity contribution in [3.8, 4) is 11.5 Å². The molecule has 9 heteroatoms. The molecule has 1 aromatic carbocycles. The molecule has 30 heavy (non-hydrogen) atoms. The molecule has 2 heterocycles. The number of nitrogens with one attached hydrogen (secondary N) is 1. The predicted octanol–water partition coefficient (Wildman–Crippen LogP) is 5.03. The van der Waals surface area contributed by atoms with Crippen molar-refractivity contribution < 1.29 is 14.2 Å². The van der Waals surface area contributed by atoms with Crippen molar-refractivity contribution >= 4 is 36.5 Å². The summed E-state index contributed by atoms with van der Waals surface area (Å²) in [5.74, 6) is 1.50. The molecule has 0 fully saturated rings. The molecule has 7 nitrogen and oxygen atoms in total. The number of ether oxygens (including phenoxy) is 3. The van der Waals surface area contributed by atoms with Gasteiger partial charge in [0.25, 0.3) is 0 Å². The first-order valence-corrected chi connectivity index (χ1v) is 13.9. The number of fused-ring (bicyclic) bond motifs is 1. The number of pyridine rings is 1. The Balaban J connectivity index is 1.75. The third-order valence-electron chi connectivity index (χ3n) is 4.73. The van der Waals surface area contributed by atoms with Gasteiger partial charge in [-0.15, -0.1) is 0 Å². The van der Waals surface area contributed by atoms with Crippen LogP contribution in [0.3, 0.4) is 0 Å². The first-order valence-electron chi connectivity index (χ1n) is 9.84. The Bertz CT molecular complexity index is 1000. The second-order valence-corrected chi connectivity index (χ2v) is 14.3. The molecule has 162 valence electrons. The lowest BCUT2D eigenvalue weighted by Gasteiger charge is -2.15. The molecule has 0 aliphatic heterocycles. The highest BCUT2D eigenvalue weighted by molar-refractivity contribution is 6.76. The smallest absolute Gasteiger partial charge is 0.165 e. The number of benzene rings is 1. The van der Waals surface area contributed by atoms with Gasteiger partial charge in [-0.2, -0.15) is 0 Å². The van der Waals surface area contributed by atoms with Crippen molar-refractivity contribution in [3.05, 3.63) is 41.3 Å². The minimum absolute atomic E-state index is 0.399. The number of aromatic nitrogens is 3. The van der Waals surface area contributed by atoms with E-state index >= 15 is 0 Å². The summed E-state index contributed by atoms with van der Waals surface area (Å²) in [5.41, 5.74) is 3.25. The summed E-state index contributed by atoms with van der Waals surface area (Å²) >= 11 is 6.29. The lowest BCUT2D eigenvalue weighted by molar-refractivity contribution is 0.0895. The lowest BCUT2D eigenvalue weighted by Crippen LogP contribution is -2.22. The third kappa shape index (κ3) is 5.65. The van der Waals surface area contributed by atoms with Crippen LogP contribution in [0.2, 0.25) is 30.8 Å². The molecule has 3 aromatic rings. The fraction of sp³-hybridized carbons (Fsp3) is 0.429. The van der Waals surface area contributed by atoms with Crippen LogP contribution in [0.15, 0.2) is 30.6 Å². The zero-order valence-electron chi connectivity index (χ0n) is 18.2. The molecular formula is C21H29ClN4O3Si. The molecule has 0 aliphatic rings. The van der Waals surface area contributed by atoms with Crippen LogP contribution in [0, 0.1) is 0 Å². The van der Waals surface area contributed by atoms with Gasteiger partial charge < -0.3 is 19.5 Å². The standard InChI is InChI=1S/C21H29ClN4O3Si/c1-27-16-7-6-15(18(10-16)28-2)12-23-17-11-19(22)25-21-20(17)24-13-26(21)14-29-8-9-30(3,4)5/h6-7,10-11,13H,8-9,12,14H2,1-5H3,(H,23,25). The number of nitrogens with zero attached hydrogens (tertiary/aromatic N) is 3. The van der Waals surface area contributed by atoms with E-state index in [1.165, 1.54) is 0 Å². The number of hydrogen-bond acceptors (Lipinski definition) is 6. The average Bonchev–Trinajstić information content (AvgIpc) is 3.11. The van der Waals surface area contributed by atoms with Crippen molar-refractivity contribution in [2.75, 3.05) is 26.1 Å². The van der Waals surface area contributed by atoms with E-state index in [0.717, 1.165) is 40.9 Å². The van der Waals surface area contributed by atoms with E-state index in [2.05, 4.69) is 34.9 Å². The highest BCUT2D eigenvalue weighted by atomic mass is 35.5. The van der Waals surface area contributed by atoms with Crippen molar-refractivity contribution in [1.29, 1.82) is 0 Å². The summed E-state index contributed by atoms with van der Waals surface area (Å²) in [4.78, 5) is 8.97. The van der Waals surface area contributed by atoms with E-state index in [-0.39, 0.29) is 0 Å². The number of methoxy groups -OCH3 is 2. The number of halogens is 1. The molecule has 2 aromatic heterocycles. The van der Waals surface area contributed by atoms with Crippen molar-refractivity contribution in [2.45, 2.75) is 39.0 Å². The molecule has 1 N–H and O–H groups in total. The summed E-state index contributed by atoms with van der Waals surface area (Å²) < 4.78 is 18.5. The number of imidazole rings is 1. The summed E-state index contributed by atoms with van der Waals surface area (Å²) in [7, 11) is 2.15. The topological polar surface area (TPSA) is 70.4 Å². The molecule has 0 saturated carbocycles. The normalized spacial score (nSPS) is 11.7. The Morgan fingerprint density at radius 2 is 1.93 bits per heavy atom. The summed E-state index contributed by atoms with van der Waals surface area (Å²) in [5, 5.41) is 3.80. The van der Waals surface area contributed by atoms with Crippen LogP contribution in [-0.4, -0.2) is 43.4 Å². The largest absolute Gasteiger partial charge is 0.497 e. The Labute approximate surface area is 183 Å². The van der Waals surface area contributed by atoms with Crippen LogP contribution in [0.5, 0.6) is 11.5 Å². The second-order valence-electron chi connectivity index (χ2n) is 8.26. The summed E-state index contributed by atoms with van der Waals surface area (Å²) in [6, 6.07) is 8.63. The van der Waals surface area contributed by atoms with Gasteiger partial charge in [0.05, 0.1) is 26.2 Å². The van der Waals surface area contributed by atoms with Gasteiger partial charge >= 0.3 is 0 Å². The zero-order valence-corrected chi connectivity index (χ0v) is 19.9. The summed E-state index contributed by atoms with van der Waals surface area (Å²) in [6.45, 7) is 8.68. The summed E-state index contributed by atoms with van der Waals surface area (Å²) in [6.07, 6.45) is 1.74. The highest BCUT2D eigenvalue weighted by Crippen LogP contribution is 2.28. The van der Waals surface area contributed by atoms with Crippen LogP contribution in [0.25, 0.3) is 11.2 Å². The first kappa shape index (κ1) is 22.4. The Morgan fingerprint density at radius 1 is 1.13 bits per heavy atom. The van der Waals surface area contributed by atoms with E-state index in [1.807, 2.05) is 22.8 Å². The first-order chi connectivity index (χ1) is 14.3. The van der Waals surface area contributed by atoms with Crippen LogP contribution in [-0.2, 0) is 18.0 Å². The average molecular weight is 449 g/mol. The minimum Gasteiger partial charge on any atom is -0.497 e. The zero-order chi connectivity index (χ0) is 21.7. The molecule has 0 saturated heterocycles. The van der Waals surface area contributed by atoms with Crippen LogP contribution in [0.1, 0.15) is 5.56 Å². The molecule has 0 aliphatic carbocycles. The lowest BCUT2D eigenvalue weighted by atomic mass is 10.2. The quantitative estimate of drug-likeness (QED) is 0.266. The molecule has 0 unspecified atom stereocenters. The molecular weight excluding hydrogens is 420 g/mol. The van der Waals surface area contributed by atoms with Gasteiger partial charge in [0.2, 0.25) is 0 Å². The van der Waals surface area contributed by atoms with Crippen molar-refractivity contribution in [1.82, 2.24) is 14.5 Å². The van der Waals surface area contributed by atoms with E-state index in [4.69, 9.17) is 25.8 Å². The van der Waals surface area contributed by atoms with Crippen LogP contribution in [0.4, 0.5) is 5.69 Å². The van der Waals surface area contributed by atoms with Crippen molar-refractivity contribution in [2.24, 2.45) is 0 Å². The van der Waals surface area contributed by atoms with E-state index in [0.29, 0.717) is 24.1 Å². The van der Waals surface area contributed by atoms with Gasteiger partial charge in [0.15, 0.2) is 5.65 Å². The van der Waals surface area contributed by atoms with Crippen LogP contribution >= 0.6 is 11.6 Å². The number of hydrogen-bond donors (Lipinski definition) is 1. The van der Waals surface area contributed by atoms with Gasteiger partial charge in [-0.05, 0) is 18.2 Å². The van der Waals surface area contributed by atoms with Crippen molar-refractivity contribution in [3.63, 3.8) is 0 Å². The number of rotatable bonds is 10. The molecule has 0 atom stereocenters. The molecule has 0 amide bonds. The third-order valence-corrected chi connectivity index (χ3v) is 6.63. The molecule has 0 radical (unpaired) electrons. The Hall–Kier alpha value is -2.29. The monoisotopic (exact) mass is 448 g/mol. The molecule has 3 rings (SSSR count). The van der Waals surface area contributed by atoms with Gasteiger partial charge in [-0.3, -0.25) is 4.57 Å². The molecule has 0 bridgehead atoms. The van der Waals surface area contributed by atoms with Gasteiger partial charge in [-0.1, -0.05) is 31.2 Å². The predicted molar refractivity (Wildman–Crippen MR) is 124 cm³/mol. The highest BCUT2D eigenvalue weighted by Gasteiger charge is 2.14. The maximum atomic E-state index is 6.29. The SMILES string of the molecule is COc1ccc(CNc2cc(Cl)nc3c2ncn3COCC[Si](C)(C)C)c(OC)c1. The van der Waals surface area contributed by atoms with E-state index in [1.54, 1.807) is 26.6 Å².